The van der Waals surface area contributed by atoms with E-state index >= 15 is 0 Å². The quantitative estimate of drug-likeness (QED) is 0.846. The maximum atomic E-state index is 4.43. The zero-order valence-electron chi connectivity index (χ0n) is 12.3. The Kier molecular flexibility index (Phi) is 4.33. The van der Waals surface area contributed by atoms with Crippen LogP contribution in [0.25, 0.3) is 11.0 Å². The van der Waals surface area contributed by atoms with Crippen molar-refractivity contribution in [1.29, 1.82) is 0 Å². The van der Waals surface area contributed by atoms with Crippen molar-refractivity contribution in [3.8, 4) is 0 Å². The van der Waals surface area contributed by atoms with Crippen LogP contribution in [0.15, 0.2) is 30.6 Å². The van der Waals surface area contributed by atoms with Gasteiger partial charge in [-0.15, -0.1) is 0 Å². The van der Waals surface area contributed by atoms with E-state index in [-0.39, 0.29) is 0 Å². The molecule has 4 nitrogen and oxygen atoms in total. The van der Waals surface area contributed by atoms with E-state index in [1.165, 1.54) is 31.4 Å². The van der Waals surface area contributed by atoms with Crippen LogP contribution < -0.4 is 5.32 Å². The normalized spacial score (nSPS) is 20.6. The molecule has 2 heterocycles. The number of hydrogen-bond donors (Lipinski definition) is 1. The molecule has 0 aliphatic carbocycles. The molecule has 1 N–H and O–H groups in total. The van der Waals surface area contributed by atoms with Gasteiger partial charge in [0, 0.05) is 19.1 Å². The minimum Gasteiger partial charge on any atom is -0.331 e. The van der Waals surface area contributed by atoms with Crippen molar-refractivity contribution >= 4 is 11.0 Å². The average Bonchev–Trinajstić information content (AvgIpc) is 2.87. The molecule has 1 atom stereocenters. The van der Waals surface area contributed by atoms with Crippen molar-refractivity contribution in [2.45, 2.75) is 31.8 Å². The lowest BCUT2D eigenvalue weighted by molar-refractivity contribution is 0.227. The molecule has 3 rings (SSSR count). The molecular formula is C16H24N4. The molecule has 0 saturated carbocycles. The molecular weight excluding hydrogens is 248 g/mol. The van der Waals surface area contributed by atoms with Crippen molar-refractivity contribution < 1.29 is 0 Å². The van der Waals surface area contributed by atoms with Gasteiger partial charge < -0.3 is 14.8 Å². The van der Waals surface area contributed by atoms with Crippen LogP contribution in [0.1, 0.15) is 19.3 Å². The van der Waals surface area contributed by atoms with Gasteiger partial charge in [-0.25, -0.2) is 4.98 Å². The molecule has 0 bridgehead atoms. The first kappa shape index (κ1) is 13.6. The Labute approximate surface area is 120 Å². The van der Waals surface area contributed by atoms with E-state index in [2.05, 4.69) is 45.0 Å². The second-order valence-corrected chi connectivity index (χ2v) is 5.84. The molecule has 0 radical (unpaired) electrons. The van der Waals surface area contributed by atoms with Gasteiger partial charge in [0.25, 0.3) is 0 Å². The van der Waals surface area contributed by atoms with Crippen molar-refractivity contribution in [3.63, 3.8) is 0 Å². The number of imidazole rings is 1. The van der Waals surface area contributed by atoms with Crippen LogP contribution in [0.2, 0.25) is 0 Å². The Bertz CT molecular complexity index is 548. The van der Waals surface area contributed by atoms with Gasteiger partial charge >= 0.3 is 0 Å². The molecule has 2 aromatic rings. The fourth-order valence-corrected chi connectivity index (χ4v) is 3.08. The van der Waals surface area contributed by atoms with Gasteiger partial charge in [-0.2, -0.15) is 0 Å². The number of para-hydroxylation sites is 2. The van der Waals surface area contributed by atoms with Crippen LogP contribution in [-0.4, -0.2) is 47.2 Å². The van der Waals surface area contributed by atoms with Gasteiger partial charge in [0.15, 0.2) is 0 Å². The standard InChI is InChI=1S/C16H24N4/c1-19-10-4-6-14(12-19)17-9-5-11-20-13-18-15-7-2-3-8-16(15)20/h2-3,7-8,13-14,17H,4-6,9-12H2,1H3. The Morgan fingerprint density at radius 3 is 3.15 bits per heavy atom. The Morgan fingerprint density at radius 2 is 2.25 bits per heavy atom. The maximum Gasteiger partial charge on any atom is 0.0958 e. The number of benzene rings is 1. The highest BCUT2D eigenvalue weighted by Gasteiger charge is 2.15. The third kappa shape index (κ3) is 3.19. The first-order chi connectivity index (χ1) is 9.83. The Morgan fingerprint density at radius 1 is 1.35 bits per heavy atom. The molecule has 0 amide bonds. The van der Waals surface area contributed by atoms with Crippen LogP contribution in [0.4, 0.5) is 0 Å². The molecule has 4 heteroatoms. The summed E-state index contributed by atoms with van der Waals surface area (Å²) >= 11 is 0. The predicted octanol–water partition coefficient (Wildman–Crippen LogP) is 2.11. The van der Waals surface area contributed by atoms with Crippen LogP contribution in [-0.2, 0) is 6.54 Å². The zero-order valence-corrected chi connectivity index (χ0v) is 12.3. The average molecular weight is 272 g/mol. The molecule has 1 aliphatic rings. The summed E-state index contributed by atoms with van der Waals surface area (Å²) in [7, 11) is 2.21. The highest BCUT2D eigenvalue weighted by Crippen LogP contribution is 2.12. The third-order valence-corrected chi connectivity index (χ3v) is 4.16. The molecule has 20 heavy (non-hydrogen) atoms. The molecule has 108 valence electrons. The number of piperidine rings is 1. The summed E-state index contributed by atoms with van der Waals surface area (Å²) in [6, 6.07) is 9.01. The fraction of sp³-hybridized carbons (Fsp3) is 0.562. The summed E-state index contributed by atoms with van der Waals surface area (Å²) in [6.45, 7) is 4.56. The Balaban J connectivity index is 1.46. The number of likely N-dealkylation sites (N-methyl/N-ethyl adjacent to an activating group) is 1. The fourth-order valence-electron chi connectivity index (χ4n) is 3.08. The molecule has 1 aromatic heterocycles. The minimum atomic E-state index is 0.674. The first-order valence-electron chi connectivity index (χ1n) is 7.65. The number of rotatable bonds is 5. The van der Waals surface area contributed by atoms with Crippen molar-refractivity contribution in [1.82, 2.24) is 19.8 Å². The summed E-state index contributed by atoms with van der Waals surface area (Å²) in [5, 5.41) is 3.69. The number of fused-ring (bicyclic) bond motifs is 1. The van der Waals surface area contributed by atoms with Gasteiger partial charge in [-0.3, -0.25) is 0 Å². The third-order valence-electron chi connectivity index (χ3n) is 4.16. The topological polar surface area (TPSA) is 33.1 Å². The van der Waals surface area contributed by atoms with E-state index in [9.17, 15) is 0 Å². The highest BCUT2D eigenvalue weighted by atomic mass is 15.1. The summed E-state index contributed by atoms with van der Waals surface area (Å²) in [4.78, 5) is 6.85. The van der Waals surface area contributed by atoms with E-state index < -0.39 is 0 Å². The Hall–Kier alpha value is -1.39. The molecule has 1 unspecified atom stereocenters. The highest BCUT2D eigenvalue weighted by molar-refractivity contribution is 5.74. The van der Waals surface area contributed by atoms with Gasteiger partial charge in [0.1, 0.15) is 0 Å². The van der Waals surface area contributed by atoms with Gasteiger partial charge in [-0.05, 0) is 51.5 Å². The van der Waals surface area contributed by atoms with E-state index in [1.807, 2.05) is 12.4 Å². The largest absolute Gasteiger partial charge is 0.331 e. The van der Waals surface area contributed by atoms with Crippen LogP contribution >= 0.6 is 0 Å². The number of hydrogen-bond acceptors (Lipinski definition) is 3. The van der Waals surface area contributed by atoms with Crippen LogP contribution in [0, 0.1) is 0 Å². The first-order valence-corrected chi connectivity index (χ1v) is 7.65. The van der Waals surface area contributed by atoms with E-state index in [0.717, 1.165) is 25.0 Å². The number of nitrogens with zero attached hydrogens (tertiary/aromatic N) is 3. The van der Waals surface area contributed by atoms with E-state index in [1.54, 1.807) is 0 Å². The van der Waals surface area contributed by atoms with Crippen molar-refractivity contribution in [3.05, 3.63) is 30.6 Å². The lowest BCUT2D eigenvalue weighted by Gasteiger charge is -2.30. The molecule has 1 saturated heterocycles. The van der Waals surface area contributed by atoms with E-state index in [0.29, 0.717) is 6.04 Å². The summed E-state index contributed by atoms with van der Waals surface area (Å²) in [5.74, 6) is 0. The van der Waals surface area contributed by atoms with Gasteiger partial charge in [-0.1, -0.05) is 12.1 Å². The number of likely N-dealkylation sites (tertiary alicyclic amines) is 1. The maximum absolute atomic E-state index is 4.43. The zero-order chi connectivity index (χ0) is 13.8. The lowest BCUT2D eigenvalue weighted by atomic mass is 10.1. The van der Waals surface area contributed by atoms with Crippen molar-refractivity contribution in [2.75, 3.05) is 26.7 Å². The van der Waals surface area contributed by atoms with Crippen LogP contribution in [0.3, 0.4) is 0 Å². The second-order valence-electron chi connectivity index (χ2n) is 5.84. The minimum absolute atomic E-state index is 0.674. The molecule has 1 fully saturated rings. The van der Waals surface area contributed by atoms with Crippen LogP contribution in [0.5, 0.6) is 0 Å². The second kappa shape index (κ2) is 6.37. The number of aromatic nitrogens is 2. The smallest absolute Gasteiger partial charge is 0.0958 e. The van der Waals surface area contributed by atoms with Crippen molar-refractivity contribution in [2.24, 2.45) is 0 Å². The van der Waals surface area contributed by atoms with Gasteiger partial charge in [0.05, 0.1) is 17.4 Å². The number of nitrogens with one attached hydrogen (secondary N) is 1. The monoisotopic (exact) mass is 272 g/mol. The van der Waals surface area contributed by atoms with E-state index in [4.69, 9.17) is 0 Å². The predicted molar refractivity (Wildman–Crippen MR) is 82.9 cm³/mol. The summed E-state index contributed by atoms with van der Waals surface area (Å²) in [5.41, 5.74) is 2.33. The molecule has 0 spiro atoms. The summed E-state index contributed by atoms with van der Waals surface area (Å²) in [6.07, 6.45) is 5.75. The number of aryl methyl sites for hydroxylation is 1. The summed E-state index contributed by atoms with van der Waals surface area (Å²) < 4.78 is 2.25. The van der Waals surface area contributed by atoms with Gasteiger partial charge in [0.2, 0.25) is 0 Å². The lowest BCUT2D eigenvalue weighted by Crippen LogP contribution is -2.44. The molecule has 1 aliphatic heterocycles. The SMILES string of the molecule is CN1CCCC(NCCCn2cnc3ccccc32)C1. The molecule has 1 aromatic carbocycles.